The third-order valence-corrected chi connectivity index (χ3v) is 6.77. The molecule has 2 heterocycles. The molecule has 1 saturated heterocycles. The predicted octanol–water partition coefficient (Wildman–Crippen LogP) is 3.75. The molecule has 8 nitrogen and oxygen atoms in total. The van der Waals surface area contributed by atoms with Gasteiger partial charge in [0.05, 0.1) is 26.9 Å². The molecule has 1 fully saturated rings. The number of rotatable bonds is 10. The Labute approximate surface area is 211 Å². The van der Waals surface area contributed by atoms with Crippen LogP contribution < -0.4 is 19.9 Å². The molecule has 0 unspecified atom stereocenters. The number of piperidine rings is 1. The second-order valence-electron chi connectivity index (χ2n) is 8.84. The summed E-state index contributed by atoms with van der Waals surface area (Å²) < 4.78 is 18.5. The summed E-state index contributed by atoms with van der Waals surface area (Å²) >= 11 is 0. The molecular weight excluding hydrogens is 458 g/mol. The van der Waals surface area contributed by atoms with E-state index in [1.54, 1.807) is 12.1 Å². The highest BCUT2D eigenvalue weighted by atomic mass is 16.5. The van der Waals surface area contributed by atoms with E-state index in [2.05, 4.69) is 9.47 Å². The molecule has 1 aliphatic rings. The van der Waals surface area contributed by atoms with E-state index in [0.717, 1.165) is 37.1 Å². The van der Waals surface area contributed by atoms with Gasteiger partial charge >= 0.3 is 0 Å². The van der Waals surface area contributed by atoms with Crippen LogP contribution in [0.25, 0.3) is 22.0 Å². The van der Waals surface area contributed by atoms with Crippen molar-refractivity contribution >= 4 is 34.2 Å². The second-order valence-corrected chi connectivity index (χ2v) is 8.84. The summed E-state index contributed by atoms with van der Waals surface area (Å²) in [6.45, 7) is 3.92. The third kappa shape index (κ3) is 4.95. The summed E-state index contributed by atoms with van der Waals surface area (Å²) in [4.78, 5) is 27.8. The maximum absolute atomic E-state index is 12.8. The quantitative estimate of drug-likeness (QED) is 0.343. The van der Waals surface area contributed by atoms with Crippen LogP contribution in [-0.4, -0.2) is 62.6 Å². The SMILES string of the molecule is COc1cc(/C(C(N)=O)=C(/C=O)c2cn(CCN3CCCCC3)c3ccccc23)cc(OC)c1OC. The molecular formula is C28H33N3O5. The number of hydrogen-bond donors (Lipinski definition) is 1. The number of nitrogens with zero attached hydrogens (tertiary/aromatic N) is 2. The van der Waals surface area contributed by atoms with E-state index in [1.165, 1.54) is 40.6 Å². The number of allylic oxidation sites excluding steroid dienone is 1. The molecule has 0 radical (unpaired) electrons. The van der Waals surface area contributed by atoms with Crippen molar-refractivity contribution in [1.82, 2.24) is 9.47 Å². The number of primary amides is 1. The van der Waals surface area contributed by atoms with Gasteiger partial charge in [0.15, 0.2) is 17.8 Å². The number of methoxy groups -OCH3 is 3. The maximum atomic E-state index is 12.8. The van der Waals surface area contributed by atoms with Crippen LogP contribution in [0.2, 0.25) is 0 Å². The van der Waals surface area contributed by atoms with Crippen LogP contribution in [0.5, 0.6) is 17.2 Å². The first-order valence-corrected chi connectivity index (χ1v) is 12.1. The predicted molar refractivity (Wildman–Crippen MR) is 140 cm³/mol. The van der Waals surface area contributed by atoms with Crippen molar-refractivity contribution < 1.29 is 23.8 Å². The van der Waals surface area contributed by atoms with Crippen molar-refractivity contribution in [2.45, 2.75) is 25.8 Å². The maximum Gasteiger partial charge on any atom is 0.250 e. The molecule has 0 atom stereocenters. The fourth-order valence-electron chi connectivity index (χ4n) is 4.99. The number of likely N-dealkylation sites (tertiary alicyclic amines) is 1. The summed E-state index contributed by atoms with van der Waals surface area (Å²) in [6.07, 6.45) is 6.38. The highest BCUT2D eigenvalue weighted by Gasteiger charge is 2.24. The lowest BCUT2D eigenvalue weighted by Crippen LogP contribution is -2.32. The Balaban J connectivity index is 1.85. The number of fused-ring (bicyclic) bond motifs is 1. The molecule has 1 amide bonds. The summed E-state index contributed by atoms with van der Waals surface area (Å²) in [6, 6.07) is 11.1. The van der Waals surface area contributed by atoms with E-state index in [9.17, 15) is 9.59 Å². The lowest BCUT2D eigenvalue weighted by atomic mass is 9.94. The molecule has 3 aromatic rings. The fraction of sp³-hybridized carbons (Fsp3) is 0.357. The van der Waals surface area contributed by atoms with Gasteiger partial charge in [-0.2, -0.15) is 0 Å². The lowest BCUT2D eigenvalue weighted by Gasteiger charge is -2.26. The molecule has 2 N–H and O–H groups in total. The number of carbonyl (C=O) groups excluding carboxylic acids is 2. The van der Waals surface area contributed by atoms with Crippen LogP contribution in [0, 0.1) is 0 Å². The molecule has 0 spiro atoms. The molecule has 2 aromatic carbocycles. The Morgan fingerprint density at radius 1 is 0.972 bits per heavy atom. The number of aldehydes is 1. The van der Waals surface area contributed by atoms with E-state index in [1.807, 2.05) is 30.5 Å². The van der Waals surface area contributed by atoms with Crippen LogP contribution in [-0.2, 0) is 16.1 Å². The number of aromatic nitrogens is 1. The Morgan fingerprint density at radius 2 is 1.64 bits per heavy atom. The van der Waals surface area contributed by atoms with E-state index in [-0.39, 0.29) is 11.1 Å². The number of benzene rings is 2. The van der Waals surface area contributed by atoms with Gasteiger partial charge in [0, 0.05) is 41.3 Å². The number of ether oxygens (including phenoxy) is 3. The van der Waals surface area contributed by atoms with Gasteiger partial charge in [-0.3, -0.25) is 9.59 Å². The smallest absolute Gasteiger partial charge is 0.250 e. The molecule has 8 heteroatoms. The van der Waals surface area contributed by atoms with E-state index in [0.29, 0.717) is 34.7 Å². The molecule has 0 saturated carbocycles. The largest absolute Gasteiger partial charge is 0.493 e. The first kappa shape index (κ1) is 25.3. The van der Waals surface area contributed by atoms with Gasteiger partial charge in [-0.05, 0) is 49.7 Å². The highest BCUT2D eigenvalue weighted by Crippen LogP contribution is 2.41. The van der Waals surface area contributed by atoms with Crippen molar-refractivity contribution in [1.29, 1.82) is 0 Å². The zero-order valence-corrected chi connectivity index (χ0v) is 21.1. The van der Waals surface area contributed by atoms with Gasteiger partial charge in [0.2, 0.25) is 11.7 Å². The molecule has 4 rings (SSSR count). The van der Waals surface area contributed by atoms with Crippen LogP contribution >= 0.6 is 0 Å². The van der Waals surface area contributed by atoms with Gasteiger partial charge in [0.1, 0.15) is 0 Å². The summed E-state index contributed by atoms with van der Waals surface area (Å²) in [5, 5.41) is 0.879. The second kappa shape index (κ2) is 11.3. The van der Waals surface area contributed by atoms with Gasteiger partial charge in [-0.1, -0.05) is 24.6 Å². The zero-order valence-electron chi connectivity index (χ0n) is 21.1. The summed E-state index contributed by atoms with van der Waals surface area (Å²) in [7, 11) is 4.48. The molecule has 0 aliphatic carbocycles. The van der Waals surface area contributed by atoms with Crippen LogP contribution in [0.15, 0.2) is 42.6 Å². The average Bonchev–Trinajstić information content (AvgIpc) is 3.28. The van der Waals surface area contributed by atoms with Crippen LogP contribution in [0.4, 0.5) is 0 Å². The molecule has 1 aliphatic heterocycles. The standard InChI is InChI=1S/C28H33N3O5/c1-34-24-15-19(16-25(35-2)27(24)36-3)26(28(29)33)22(18-32)21-17-31(23-10-6-5-9-20(21)23)14-13-30-11-7-4-8-12-30/h5-6,9-10,15-18H,4,7-8,11-14H2,1-3H3,(H2,29,33)/b26-22+. The number of carbonyl (C=O) groups is 2. The van der Waals surface area contributed by atoms with Crippen LogP contribution in [0.3, 0.4) is 0 Å². The van der Waals surface area contributed by atoms with Gasteiger partial charge in [0.25, 0.3) is 0 Å². The normalized spacial score (nSPS) is 14.9. The van der Waals surface area contributed by atoms with Gasteiger partial charge < -0.3 is 29.4 Å². The summed E-state index contributed by atoms with van der Waals surface area (Å²) in [5.74, 6) is 0.380. The fourth-order valence-corrected chi connectivity index (χ4v) is 4.99. The van der Waals surface area contributed by atoms with Gasteiger partial charge in [-0.25, -0.2) is 0 Å². The first-order valence-electron chi connectivity index (χ1n) is 12.1. The van der Waals surface area contributed by atoms with Gasteiger partial charge in [-0.15, -0.1) is 0 Å². The van der Waals surface area contributed by atoms with Crippen molar-refractivity contribution in [2.24, 2.45) is 5.73 Å². The van der Waals surface area contributed by atoms with E-state index in [4.69, 9.17) is 19.9 Å². The lowest BCUT2D eigenvalue weighted by molar-refractivity contribution is -0.113. The van der Waals surface area contributed by atoms with Crippen molar-refractivity contribution in [3.63, 3.8) is 0 Å². The van der Waals surface area contributed by atoms with Crippen molar-refractivity contribution in [2.75, 3.05) is 41.0 Å². The zero-order chi connectivity index (χ0) is 25.7. The Hall–Kier alpha value is -3.78. The topological polar surface area (TPSA) is 96.0 Å². The Morgan fingerprint density at radius 3 is 2.22 bits per heavy atom. The molecule has 0 bridgehead atoms. The number of nitrogens with two attached hydrogens (primary N) is 1. The summed E-state index contributed by atoms with van der Waals surface area (Å²) in [5.41, 5.74) is 8.22. The Bertz CT molecular complexity index is 1260. The Kier molecular flexibility index (Phi) is 7.95. The minimum atomic E-state index is -0.725. The highest BCUT2D eigenvalue weighted by molar-refractivity contribution is 6.36. The number of para-hydroxylation sites is 1. The monoisotopic (exact) mass is 491 g/mol. The van der Waals surface area contributed by atoms with Crippen molar-refractivity contribution in [3.05, 3.63) is 53.7 Å². The van der Waals surface area contributed by atoms with Crippen molar-refractivity contribution in [3.8, 4) is 17.2 Å². The third-order valence-electron chi connectivity index (χ3n) is 6.77. The number of hydrogen-bond acceptors (Lipinski definition) is 6. The van der Waals surface area contributed by atoms with Crippen LogP contribution in [0.1, 0.15) is 30.4 Å². The minimum absolute atomic E-state index is 0.0863. The number of amides is 1. The first-order chi connectivity index (χ1) is 17.5. The average molecular weight is 492 g/mol. The molecule has 190 valence electrons. The molecule has 36 heavy (non-hydrogen) atoms. The molecule has 1 aromatic heterocycles. The van der Waals surface area contributed by atoms with E-state index >= 15 is 0 Å². The van der Waals surface area contributed by atoms with E-state index < -0.39 is 5.91 Å². The minimum Gasteiger partial charge on any atom is -0.493 e.